The highest BCUT2D eigenvalue weighted by Gasteiger charge is 2.26. The van der Waals surface area contributed by atoms with Crippen molar-refractivity contribution in [2.75, 3.05) is 6.54 Å². The third kappa shape index (κ3) is 5.31. The molecule has 0 fully saturated rings. The maximum atomic E-state index is 12.9. The number of carboxylic acids is 1. The summed E-state index contributed by atoms with van der Waals surface area (Å²) >= 11 is 0. The molecule has 0 heterocycles. The van der Waals surface area contributed by atoms with Gasteiger partial charge in [0, 0.05) is 6.54 Å². The van der Waals surface area contributed by atoms with E-state index in [9.17, 15) is 14.0 Å². The Bertz CT molecular complexity index is 772. The van der Waals surface area contributed by atoms with E-state index in [4.69, 9.17) is 9.84 Å². The second-order valence-electron chi connectivity index (χ2n) is 6.61. The maximum absolute atomic E-state index is 12.9. The van der Waals surface area contributed by atoms with Gasteiger partial charge in [-0.15, -0.1) is 0 Å². The van der Waals surface area contributed by atoms with Crippen molar-refractivity contribution in [3.63, 3.8) is 0 Å². The summed E-state index contributed by atoms with van der Waals surface area (Å²) in [5.74, 6) is -1.15. The van der Waals surface area contributed by atoms with Crippen LogP contribution in [0.15, 0.2) is 48.5 Å². The van der Waals surface area contributed by atoms with Crippen LogP contribution in [0.5, 0.6) is 5.75 Å². The van der Waals surface area contributed by atoms with Crippen molar-refractivity contribution in [2.45, 2.75) is 26.9 Å². The number of aliphatic carboxylic acids is 1. The van der Waals surface area contributed by atoms with Crippen molar-refractivity contribution < 1.29 is 23.8 Å². The van der Waals surface area contributed by atoms with Crippen molar-refractivity contribution in [1.29, 1.82) is 0 Å². The number of carbonyl (C=O) groups is 2. The summed E-state index contributed by atoms with van der Waals surface area (Å²) in [6, 6.07) is 12.7. The van der Waals surface area contributed by atoms with E-state index in [0.29, 0.717) is 17.7 Å². The Labute approximate surface area is 151 Å². The van der Waals surface area contributed by atoms with Crippen molar-refractivity contribution in [2.24, 2.45) is 5.41 Å². The van der Waals surface area contributed by atoms with Gasteiger partial charge in [0.2, 0.25) is 0 Å². The topological polar surface area (TPSA) is 75.6 Å². The molecule has 2 rings (SSSR count). The molecule has 0 aromatic heterocycles. The van der Waals surface area contributed by atoms with Gasteiger partial charge in [-0.3, -0.25) is 9.59 Å². The van der Waals surface area contributed by atoms with Crippen LogP contribution in [0.3, 0.4) is 0 Å². The van der Waals surface area contributed by atoms with Crippen molar-refractivity contribution in [3.8, 4) is 5.75 Å². The van der Waals surface area contributed by atoms with Crippen LogP contribution in [0.1, 0.15) is 36.2 Å². The van der Waals surface area contributed by atoms with Crippen LogP contribution in [0, 0.1) is 11.2 Å². The number of ether oxygens (including phenoxy) is 1. The van der Waals surface area contributed by atoms with Crippen molar-refractivity contribution in [3.05, 3.63) is 65.5 Å². The van der Waals surface area contributed by atoms with Gasteiger partial charge in [-0.05, 0) is 50.1 Å². The molecule has 0 unspecified atom stereocenters. The number of benzene rings is 2. The molecule has 6 heteroatoms. The van der Waals surface area contributed by atoms with Crippen LogP contribution in [-0.2, 0) is 11.4 Å². The average molecular weight is 359 g/mol. The first-order valence-corrected chi connectivity index (χ1v) is 8.27. The van der Waals surface area contributed by atoms with E-state index >= 15 is 0 Å². The molecule has 0 aliphatic heterocycles. The van der Waals surface area contributed by atoms with Gasteiger partial charge in [-0.25, -0.2) is 4.39 Å². The minimum atomic E-state index is -0.911. The summed E-state index contributed by atoms with van der Waals surface area (Å²) in [6.07, 6.45) is 0.312. The maximum Gasteiger partial charge on any atom is 0.309 e. The highest BCUT2D eigenvalue weighted by molar-refractivity contribution is 5.96. The first kappa shape index (κ1) is 19.4. The van der Waals surface area contributed by atoms with Gasteiger partial charge in [0.1, 0.15) is 18.2 Å². The second-order valence-corrected chi connectivity index (χ2v) is 6.61. The first-order valence-electron chi connectivity index (χ1n) is 8.27. The summed E-state index contributed by atoms with van der Waals surface area (Å²) < 4.78 is 18.6. The molecule has 26 heavy (non-hydrogen) atoms. The summed E-state index contributed by atoms with van der Waals surface area (Å²) in [4.78, 5) is 23.5. The predicted octanol–water partition coefficient (Wildman–Crippen LogP) is 3.64. The van der Waals surface area contributed by atoms with E-state index in [2.05, 4.69) is 5.32 Å². The number of hydrogen-bond donors (Lipinski definition) is 2. The Hall–Kier alpha value is -2.89. The number of halogens is 1. The van der Waals surface area contributed by atoms with E-state index in [0.717, 1.165) is 5.56 Å². The van der Waals surface area contributed by atoms with Crippen LogP contribution >= 0.6 is 0 Å². The Balaban J connectivity index is 1.97. The van der Waals surface area contributed by atoms with Gasteiger partial charge in [0.05, 0.1) is 11.0 Å². The van der Waals surface area contributed by atoms with E-state index in [1.54, 1.807) is 50.2 Å². The molecule has 2 aromatic rings. The Kier molecular flexibility index (Phi) is 6.33. The fourth-order valence-corrected chi connectivity index (χ4v) is 2.21. The highest BCUT2D eigenvalue weighted by Crippen LogP contribution is 2.21. The molecule has 138 valence electrons. The van der Waals surface area contributed by atoms with E-state index in [1.807, 2.05) is 0 Å². The summed E-state index contributed by atoms with van der Waals surface area (Å²) in [5, 5.41) is 11.8. The third-order valence-corrected chi connectivity index (χ3v) is 4.05. The zero-order chi connectivity index (χ0) is 19.2. The smallest absolute Gasteiger partial charge is 0.309 e. The Morgan fingerprint density at radius 3 is 2.42 bits per heavy atom. The first-order chi connectivity index (χ1) is 12.3. The molecule has 0 atom stereocenters. The van der Waals surface area contributed by atoms with Gasteiger partial charge >= 0.3 is 5.97 Å². The molecule has 0 spiro atoms. The lowest BCUT2D eigenvalue weighted by Crippen LogP contribution is -2.32. The molecule has 0 aliphatic rings. The molecule has 0 bridgehead atoms. The summed E-state index contributed by atoms with van der Waals surface area (Å²) in [7, 11) is 0. The quantitative estimate of drug-likeness (QED) is 0.755. The molecule has 0 aliphatic carbocycles. The van der Waals surface area contributed by atoms with E-state index in [1.165, 1.54) is 12.1 Å². The van der Waals surface area contributed by atoms with Crippen molar-refractivity contribution >= 4 is 11.9 Å². The lowest BCUT2D eigenvalue weighted by molar-refractivity contribution is -0.147. The molecule has 1 amide bonds. The molecule has 0 radical (unpaired) electrons. The normalized spacial score (nSPS) is 11.0. The number of rotatable bonds is 8. The Morgan fingerprint density at radius 2 is 1.77 bits per heavy atom. The third-order valence-electron chi connectivity index (χ3n) is 4.05. The zero-order valence-electron chi connectivity index (χ0n) is 14.8. The SMILES string of the molecule is CC(C)(CCNC(=O)c1ccccc1OCc1ccc(F)cc1)C(=O)O. The van der Waals surface area contributed by atoms with Gasteiger partial charge in [-0.1, -0.05) is 24.3 Å². The molecular weight excluding hydrogens is 337 g/mol. The second kappa shape index (κ2) is 8.47. The van der Waals surface area contributed by atoms with Crippen LogP contribution in [0.4, 0.5) is 4.39 Å². The number of nitrogens with one attached hydrogen (secondary N) is 1. The molecule has 0 saturated heterocycles. The number of carbonyl (C=O) groups excluding carboxylic acids is 1. The minimum Gasteiger partial charge on any atom is -0.488 e. The van der Waals surface area contributed by atoms with Crippen LogP contribution in [-0.4, -0.2) is 23.5 Å². The average Bonchev–Trinajstić information content (AvgIpc) is 2.61. The lowest BCUT2D eigenvalue weighted by atomic mass is 9.90. The molecule has 5 nitrogen and oxygen atoms in total. The number of amides is 1. The fraction of sp³-hybridized carbons (Fsp3) is 0.300. The molecule has 2 aromatic carbocycles. The minimum absolute atomic E-state index is 0.205. The van der Waals surface area contributed by atoms with Crippen LogP contribution in [0.25, 0.3) is 0 Å². The number of carboxylic acid groups (broad SMARTS) is 1. The van der Waals surface area contributed by atoms with E-state index < -0.39 is 11.4 Å². The lowest BCUT2D eigenvalue weighted by Gasteiger charge is -2.19. The summed E-state index contributed by atoms with van der Waals surface area (Å²) in [6.45, 7) is 3.67. The standard InChI is InChI=1S/C20H22FNO4/c1-20(2,19(24)25)11-12-22-18(23)16-5-3-4-6-17(16)26-13-14-7-9-15(21)10-8-14/h3-10H,11-13H2,1-2H3,(H,22,23)(H,24,25). The number of para-hydroxylation sites is 1. The van der Waals surface area contributed by atoms with Gasteiger partial charge in [0.25, 0.3) is 5.91 Å². The van der Waals surface area contributed by atoms with Crippen molar-refractivity contribution in [1.82, 2.24) is 5.32 Å². The predicted molar refractivity (Wildman–Crippen MR) is 95.5 cm³/mol. The fourth-order valence-electron chi connectivity index (χ4n) is 2.21. The van der Waals surface area contributed by atoms with Crippen LogP contribution in [0.2, 0.25) is 0 Å². The largest absolute Gasteiger partial charge is 0.488 e. The van der Waals surface area contributed by atoms with Gasteiger partial charge in [0.15, 0.2) is 0 Å². The zero-order valence-corrected chi connectivity index (χ0v) is 14.8. The molecular formula is C20H22FNO4. The Morgan fingerprint density at radius 1 is 1.12 bits per heavy atom. The highest BCUT2D eigenvalue weighted by atomic mass is 19.1. The monoisotopic (exact) mass is 359 g/mol. The number of hydrogen-bond acceptors (Lipinski definition) is 3. The summed E-state index contributed by atoms with van der Waals surface area (Å²) in [5.41, 5.74) is 0.235. The van der Waals surface area contributed by atoms with Crippen LogP contribution < -0.4 is 10.1 Å². The molecule has 0 saturated carbocycles. The van der Waals surface area contributed by atoms with E-state index in [-0.39, 0.29) is 24.9 Å². The van der Waals surface area contributed by atoms with Gasteiger partial charge < -0.3 is 15.2 Å². The molecule has 2 N–H and O–H groups in total. The van der Waals surface area contributed by atoms with Gasteiger partial charge in [-0.2, -0.15) is 0 Å².